The van der Waals surface area contributed by atoms with Gasteiger partial charge in [-0.3, -0.25) is 14.4 Å². The Bertz CT molecular complexity index is 2080. The highest BCUT2D eigenvalue weighted by Crippen LogP contribution is 2.34. The molecule has 61 heavy (non-hydrogen) atoms. The highest BCUT2D eigenvalue weighted by molar-refractivity contribution is 6.01. The third-order valence-electron chi connectivity index (χ3n) is 12.8. The summed E-state index contributed by atoms with van der Waals surface area (Å²) in [5.41, 5.74) is 14.8. The normalized spacial score (nSPS) is 17.0. The van der Waals surface area contributed by atoms with Crippen molar-refractivity contribution in [2.45, 2.75) is 150 Å². The maximum absolute atomic E-state index is 12.6. The SMILES string of the molecule is CC(C)(C)c1ccc2c(c1)C=C(C(=O)N1CCCCC1)C2.CC(C)(C)c1ccc2c(c1)C=C(C(=O)N1CCCCC1)C2.CCCNC(=O)C1=Cc2cc(C(C)(C)C)ccc2C1. The molecule has 0 spiro atoms. The summed E-state index contributed by atoms with van der Waals surface area (Å²) in [6.45, 7) is 26.5. The molecule has 2 aliphatic heterocycles. The molecule has 2 saturated heterocycles. The third kappa shape index (κ3) is 11.6. The number of amides is 3. The lowest BCUT2D eigenvalue weighted by molar-refractivity contribution is -0.128. The van der Waals surface area contributed by atoms with Crippen LogP contribution in [0.5, 0.6) is 0 Å². The van der Waals surface area contributed by atoms with Gasteiger partial charge in [0.15, 0.2) is 0 Å². The molecule has 0 radical (unpaired) electrons. The van der Waals surface area contributed by atoms with Gasteiger partial charge >= 0.3 is 0 Å². The molecule has 0 atom stereocenters. The van der Waals surface area contributed by atoms with Crippen molar-refractivity contribution in [3.05, 3.63) is 121 Å². The first-order chi connectivity index (χ1) is 28.8. The molecule has 3 aliphatic carbocycles. The van der Waals surface area contributed by atoms with E-state index in [-0.39, 0.29) is 34.0 Å². The summed E-state index contributed by atoms with van der Waals surface area (Å²) in [6.07, 6.45) is 16.7. The van der Waals surface area contributed by atoms with Crippen LogP contribution in [0.1, 0.15) is 164 Å². The smallest absolute Gasteiger partial charge is 0.250 e. The van der Waals surface area contributed by atoms with Gasteiger partial charge < -0.3 is 15.1 Å². The van der Waals surface area contributed by atoms with Gasteiger partial charge in [0.2, 0.25) is 17.7 Å². The molecule has 8 rings (SSSR count). The fraction of sp³-hybridized carbons (Fsp3) is 0.509. The van der Waals surface area contributed by atoms with Crippen LogP contribution in [0, 0.1) is 0 Å². The Morgan fingerprint density at radius 3 is 1.15 bits per heavy atom. The minimum absolute atomic E-state index is 0.0790. The number of hydrogen-bond acceptors (Lipinski definition) is 3. The van der Waals surface area contributed by atoms with Crippen LogP contribution >= 0.6 is 0 Å². The van der Waals surface area contributed by atoms with Gasteiger partial charge in [-0.2, -0.15) is 0 Å². The average Bonchev–Trinajstić information content (AvgIpc) is 3.99. The Labute approximate surface area is 368 Å². The molecule has 3 aromatic carbocycles. The molecule has 5 aliphatic rings. The van der Waals surface area contributed by atoms with Crippen LogP contribution in [0.3, 0.4) is 0 Å². The summed E-state index contributed by atoms with van der Waals surface area (Å²) in [4.78, 5) is 41.3. The summed E-state index contributed by atoms with van der Waals surface area (Å²) in [7, 11) is 0. The number of likely N-dealkylation sites (tertiary alicyclic amines) is 2. The van der Waals surface area contributed by atoms with Crippen LogP contribution < -0.4 is 5.32 Å². The Kier molecular flexibility index (Phi) is 14.4. The van der Waals surface area contributed by atoms with E-state index in [9.17, 15) is 14.4 Å². The first-order valence-corrected chi connectivity index (χ1v) is 23.2. The second-order valence-electron chi connectivity index (χ2n) is 21.0. The minimum Gasteiger partial charge on any atom is -0.352 e. The Hall–Kier alpha value is -4.71. The zero-order chi connectivity index (χ0) is 44.1. The quantitative estimate of drug-likeness (QED) is 0.279. The number of rotatable bonds is 5. The van der Waals surface area contributed by atoms with Crippen LogP contribution in [0.4, 0.5) is 0 Å². The molecule has 1 N–H and O–H groups in total. The van der Waals surface area contributed by atoms with Gasteiger partial charge in [0.1, 0.15) is 0 Å². The molecule has 2 fully saturated rings. The largest absolute Gasteiger partial charge is 0.352 e. The van der Waals surface area contributed by atoms with Crippen LogP contribution in [-0.2, 0) is 49.9 Å². The van der Waals surface area contributed by atoms with E-state index < -0.39 is 0 Å². The molecular weight excluding hydrogens is 751 g/mol. The Morgan fingerprint density at radius 1 is 0.492 bits per heavy atom. The van der Waals surface area contributed by atoms with Crippen LogP contribution in [0.25, 0.3) is 18.2 Å². The Morgan fingerprint density at radius 2 is 0.820 bits per heavy atom. The van der Waals surface area contributed by atoms with Crippen molar-refractivity contribution in [3.63, 3.8) is 0 Å². The number of piperidine rings is 2. The van der Waals surface area contributed by atoms with Crippen molar-refractivity contribution >= 4 is 35.9 Å². The molecule has 3 amide bonds. The minimum atomic E-state index is 0.0790. The fourth-order valence-electron chi connectivity index (χ4n) is 8.77. The summed E-state index contributed by atoms with van der Waals surface area (Å²) in [5, 5.41) is 2.95. The highest BCUT2D eigenvalue weighted by Gasteiger charge is 2.28. The van der Waals surface area contributed by atoms with Gasteiger partial charge in [-0.05, 0) is 129 Å². The van der Waals surface area contributed by atoms with Crippen molar-refractivity contribution in [1.82, 2.24) is 15.1 Å². The molecule has 0 aromatic heterocycles. The topological polar surface area (TPSA) is 69.7 Å². The number of benzene rings is 3. The summed E-state index contributed by atoms with van der Waals surface area (Å²) in [5.74, 6) is 0.585. The number of nitrogens with one attached hydrogen (secondary N) is 1. The van der Waals surface area contributed by atoms with Crippen LogP contribution in [-0.4, -0.2) is 60.2 Å². The number of hydrogen-bond donors (Lipinski definition) is 1. The standard InChI is InChI=1S/2C19H25NO.C17H23NO/c2*1-19(2,3)17-8-7-14-11-16(12-15(14)13-17)18(21)20-9-5-4-6-10-20;1-5-8-18-16(19)14-9-12-6-7-15(17(2,3)4)11-13(12)10-14/h2*7-8,12-13H,4-6,9-11H2,1-3H3;6-7,10-11H,5,8-9H2,1-4H3,(H,18,19). The van der Waals surface area contributed by atoms with Crippen molar-refractivity contribution in [3.8, 4) is 0 Å². The summed E-state index contributed by atoms with van der Waals surface area (Å²) < 4.78 is 0. The highest BCUT2D eigenvalue weighted by atomic mass is 16.2. The maximum atomic E-state index is 12.6. The molecule has 6 heteroatoms. The lowest BCUT2D eigenvalue weighted by Gasteiger charge is -2.27. The van der Waals surface area contributed by atoms with Crippen molar-refractivity contribution in [2.24, 2.45) is 0 Å². The molecule has 6 nitrogen and oxygen atoms in total. The van der Waals surface area contributed by atoms with Crippen molar-refractivity contribution < 1.29 is 14.4 Å². The van der Waals surface area contributed by atoms with Gasteiger partial charge in [0, 0.05) is 68.7 Å². The van der Waals surface area contributed by atoms with E-state index in [1.165, 1.54) is 62.9 Å². The fourth-order valence-corrected chi connectivity index (χ4v) is 8.77. The number of carbonyl (C=O) groups excluding carboxylic acids is 3. The van der Waals surface area contributed by atoms with E-state index in [1.54, 1.807) is 0 Å². The third-order valence-corrected chi connectivity index (χ3v) is 12.8. The number of nitrogens with zero attached hydrogens (tertiary/aromatic N) is 2. The average molecular weight is 824 g/mol. The lowest BCUT2D eigenvalue weighted by Crippen LogP contribution is -2.36. The van der Waals surface area contributed by atoms with E-state index in [0.29, 0.717) is 0 Å². The van der Waals surface area contributed by atoms with Crippen LogP contribution in [0.15, 0.2) is 71.3 Å². The van der Waals surface area contributed by atoms with Gasteiger partial charge in [-0.25, -0.2) is 0 Å². The molecule has 2 heterocycles. The van der Waals surface area contributed by atoms with E-state index in [1.807, 2.05) is 15.9 Å². The Balaban J connectivity index is 0.000000153. The predicted octanol–water partition coefficient (Wildman–Crippen LogP) is 11.3. The second kappa shape index (κ2) is 19.1. The monoisotopic (exact) mass is 824 g/mol. The maximum Gasteiger partial charge on any atom is 0.250 e. The van der Waals surface area contributed by atoms with E-state index in [0.717, 1.165) is 101 Å². The summed E-state index contributed by atoms with van der Waals surface area (Å²) in [6, 6.07) is 19.9. The molecule has 3 aromatic rings. The second-order valence-corrected chi connectivity index (χ2v) is 21.0. The number of fused-ring (bicyclic) bond motifs is 3. The zero-order valence-corrected chi connectivity index (χ0v) is 39.2. The molecule has 0 unspecified atom stereocenters. The first-order valence-electron chi connectivity index (χ1n) is 23.2. The van der Waals surface area contributed by atoms with E-state index in [2.05, 4.69) is 141 Å². The predicted molar refractivity (Wildman–Crippen MR) is 255 cm³/mol. The van der Waals surface area contributed by atoms with Crippen molar-refractivity contribution in [1.29, 1.82) is 0 Å². The van der Waals surface area contributed by atoms with Gasteiger partial charge in [-0.15, -0.1) is 0 Å². The molecule has 0 bridgehead atoms. The van der Waals surface area contributed by atoms with Crippen molar-refractivity contribution in [2.75, 3.05) is 32.7 Å². The number of carbonyl (C=O) groups is 3. The van der Waals surface area contributed by atoms with E-state index >= 15 is 0 Å². The van der Waals surface area contributed by atoms with Gasteiger partial charge in [0.05, 0.1) is 0 Å². The molecule has 326 valence electrons. The van der Waals surface area contributed by atoms with Gasteiger partial charge in [-0.1, -0.05) is 124 Å². The van der Waals surface area contributed by atoms with Crippen LogP contribution in [0.2, 0.25) is 0 Å². The van der Waals surface area contributed by atoms with Gasteiger partial charge in [0.25, 0.3) is 0 Å². The molecule has 0 saturated carbocycles. The zero-order valence-electron chi connectivity index (χ0n) is 39.2. The summed E-state index contributed by atoms with van der Waals surface area (Å²) >= 11 is 0. The first kappa shape index (κ1) is 45.8. The molecular formula is C55H73N3O3. The lowest BCUT2D eigenvalue weighted by atomic mass is 9.85. The van der Waals surface area contributed by atoms with E-state index in [4.69, 9.17) is 0 Å².